The van der Waals surface area contributed by atoms with Gasteiger partial charge in [0.2, 0.25) is 5.91 Å². The van der Waals surface area contributed by atoms with Crippen molar-refractivity contribution in [3.8, 4) is 0 Å². The molecule has 4 amide bonds. The van der Waals surface area contributed by atoms with Gasteiger partial charge in [-0.05, 0) is 51.5 Å². The van der Waals surface area contributed by atoms with E-state index in [0.29, 0.717) is 25.8 Å². The first-order chi connectivity index (χ1) is 12.5. The fourth-order valence-electron chi connectivity index (χ4n) is 4.01. The number of rotatable bonds is 6. The van der Waals surface area contributed by atoms with Gasteiger partial charge in [-0.3, -0.25) is 4.79 Å². The van der Waals surface area contributed by atoms with Crippen LogP contribution in [0.3, 0.4) is 0 Å². The monoisotopic (exact) mass is 394 g/mol. The third kappa shape index (κ3) is 4.18. The molecular weight excluding hydrogens is 368 g/mol. The van der Waals surface area contributed by atoms with E-state index in [-0.39, 0.29) is 23.5 Å². The van der Waals surface area contributed by atoms with Crippen LogP contribution in [0, 0.1) is 0 Å². The molecular formula is C18H26N4O4S. The van der Waals surface area contributed by atoms with Gasteiger partial charge in [0.1, 0.15) is 5.60 Å². The molecule has 0 aliphatic heterocycles. The number of ether oxygens (including phenoxy) is 1. The van der Waals surface area contributed by atoms with Crippen molar-refractivity contribution in [3.63, 3.8) is 0 Å². The number of nitrogens with zero attached hydrogens (tertiary/aromatic N) is 1. The lowest BCUT2D eigenvalue weighted by Gasteiger charge is -2.73. The van der Waals surface area contributed by atoms with Crippen LogP contribution in [-0.4, -0.2) is 46.2 Å². The summed E-state index contributed by atoms with van der Waals surface area (Å²) in [7, 11) is 0. The van der Waals surface area contributed by atoms with Crippen molar-refractivity contribution in [3.05, 3.63) is 22.4 Å². The lowest BCUT2D eigenvalue weighted by Crippen LogP contribution is -2.84. The molecule has 4 N–H and O–H groups in total. The number of carbonyl (C=O) groups is 3. The van der Waals surface area contributed by atoms with Gasteiger partial charge >= 0.3 is 12.1 Å². The highest BCUT2D eigenvalue weighted by molar-refractivity contribution is 7.09. The van der Waals surface area contributed by atoms with Crippen LogP contribution in [0.15, 0.2) is 17.5 Å². The number of alkyl carbamates (subject to hydrolysis) is 1. The standard InChI is InChI=1S/C18H26N4O4S/c1-16(2,3)26-15(25)21-17-9-18(10-17,11-17)22(8-12-5-4-6-27-12)13(23)7-20-14(19)24/h4-6H,7-11H2,1-3H3,(H,21,25)(H3,19,20,24). The molecule has 0 spiro atoms. The molecule has 1 aromatic rings. The van der Waals surface area contributed by atoms with Gasteiger partial charge in [0.15, 0.2) is 0 Å². The smallest absolute Gasteiger partial charge is 0.408 e. The molecule has 3 aliphatic carbocycles. The highest BCUT2D eigenvalue weighted by Gasteiger charge is 2.72. The van der Waals surface area contributed by atoms with Crippen LogP contribution in [0.5, 0.6) is 0 Å². The average Bonchev–Trinajstić information content (AvgIpc) is 2.96. The number of hydrogen-bond acceptors (Lipinski definition) is 5. The highest BCUT2D eigenvalue weighted by Crippen LogP contribution is 2.64. The minimum atomic E-state index is -0.722. The maximum absolute atomic E-state index is 12.7. The Kier molecular flexibility index (Phi) is 4.83. The molecule has 8 nitrogen and oxygen atoms in total. The van der Waals surface area contributed by atoms with Crippen molar-refractivity contribution in [2.75, 3.05) is 6.54 Å². The number of hydrogen-bond donors (Lipinski definition) is 3. The third-order valence-corrected chi connectivity index (χ3v) is 5.81. The Labute approximate surface area is 162 Å². The summed E-state index contributed by atoms with van der Waals surface area (Å²) in [6, 6.07) is 3.20. The molecule has 0 atom stereocenters. The fraction of sp³-hybridized carbons (Fsp3) is 0.611. The summed E-state index contributed by atoms with van der Waals surface area (Å²) >= 11 is 1.58. The summed E-state index contributed by atoms with van der Waals surface area (Å²) in [6.07, 6.45) is 1.63. The van der Waals surface area contributed by atoms with Gasteiger partial charge in [-0.1, -0.05) is 6.07 Å². The molecule has 3 aliphatic rings. The zero-order valence-corrected chi connectivity index (χ0v) is 16.6. The third-order valence-electron chi connectivity index (χ3n) is 4.95. The maximum Gasteiger partial charge on any atom is 0.408 e. The van der Waals surface area contributed by atoms with Crippen LogP contribution < -0.4 is 16.4 Å². The zero-order chi connectivity index (χ0) is 19.9. The van der Waals surface area contributed by atoms with Crippen molar-refractivity contribution in [2.45, 2.75) is 63.3 Å². The second kappa shape index (κ2) is 6.70. The Hall–Kier alpha value is -2.29. The quantitative estimate of drug-likeness (QED) is 0.684. The van der Waals surface area contributed by atoms with Gasteiger partial charge in [-0.15, -0.1) is 11.3 Å². The largest absolute Gasteiger partial charge is 0.444 e. The van der Waals surface area contributed by atoms with Crippen LogP contribution in [-0.2, 0) is 16.1 Å². The Morgan fingerprint density at radius 3 is 2.48 bits per heavy atom. The number of nitrogens with one attached hydrogen (secondary N) is 2. The Bertz CT molecular complexity index is 721. The Morgan fingerprint density at radius 1 is 1.30 bits per heavy atom. The molecule has 27 heavy (non-hydrogen) atoms. The van der Waals surface area contributed by atoms with Gasteiger partial charge in [0.25, 0.3) is 0 Å². The molecule has 3 fully saturated rings. The van der Waals surface area contributed by atoms with Crippen LogP contribution in [0.25, 0.3) is 0 Å². The van der Waals surface area contributed by atoms with Crippen LogP contribution >= 0.6 is 11.3 Å². The van der Waals surface area contributed by atoms with Gasteiger partial charge < -0.3 is 26.0 Å². The summed E-state index contributed by atoms with van der Waals surface area (Å²) in [4.78, 5) is 38.6. The molecule has 1 aromatic heterocycles. The number of thiophene rings is 1. The lowest BCUT2D eigenvalue weighted by atomic mass is 9.43. The van der Waals surface area contributed by atoms with Gasteiger partial charge in [-0.2, -0.15) is 0 Å². The number of amides is 4. The minimum absolute atomic E-state index is 0.130. The van der Waals surface area contributed by atoms with E-state index in [1.165, 1.54) is 0 Å². The van der Waals surface area contributed by atoms with Crippen molar-refractivity contribution in [2.24, 2.45) is 5.73 Å². The molecule has 9 heteroatoms. The van der Waals surface area contributed by atoms with E-state index in [4.69, 9.17) is 10.5 Å². The van der Waals surface area contributed by atoms with E-state index in [0.717, 1.165) is 4.88 Å². The van der Waals surface area contributed by atoms with Gasteiger partial charge in [-0.25, -0.2) is 9.59 Å². The van der Waals surface area contributed by atoms with Crippen molar-refractivity contribution in [1.82, 2.24) is 15.5 Å². The number of primary amides is 1. The predicted octanol–water partition coefficient (Wildman–Crippen LogP) is 1.94. The molecule has 2 bridgehead atoms. The van der Waals surface area contributed by atoms with Crippen molar-refractivity contribution in [1.29, 1.82) is 0 Å². The molecule has 0 radical (unpaired) electrons. The first kappa shape index (κ1) is 19.5. The molecule has 0 unspecified atom stereocenters. The maximum atomic E-state index is 12.7. The van der Waals surface area contributed by atoms with E-state index >= 15 is 0 Å². The van der Waals surface area contributed by atoms with Gasteiger partial charge in [0, 0.05) is 4.88 Å². The van der Waals surface area contributed by atoms with E-state index in [2.05, 4.69) is 10.6 Å². The zero-order valence-electron chi connectivity index (χ0n) is 15.8. The molecule has 3 saturated carbocycles. The van der Waals surface area contributed by atoms with Gasteiger partial charge in [0.05, 0.1) is 24.2 Å². The molecule has 148 valence electrons. The Balaban J connectivity index is 1.63. The number of urea groups is 1. The highest BCUT2D eigenvalue weighted by atomic mass is 32.1. The molecule has 4 rings (SSSR count). The van der Waals surface area contributed by atoms with E-state index in [1.807, 2.05) is 43.2 Å². The van der Waals surface area contributed by atoms with Crippen LogP contribution in [0.1, 0.15) is 44.9 Å². The van der Waals surface area contributed by atoms with E-state index in [9.17, 15) is 14.4 Å². The summed E-state index contributed by atoms with van der Waals surface area (Å²) in [5.74, 6) is -0.173. The van der Waals surface area contributed by atoms with Crippen LogP contribution in [0.4, 0.5) is 9.59 Å². The van der Waals surface area contributed by atoms with Crippen molar-refractivity contribution >= 4 is 29.4 Å². The second-order valence-corrected chi connectivity index (χ2v) is 9.47. The van der Waals surface area contributed by atoms with Crippen molar-refractivity contribution < 1.29 is 19.1 Å². The Morgan fingerprint density at radius 2 is 1.96 bits per heavy atom. The summed E-state index contributed by atoms with van der Waals surface area (Å²) < 4.78 is 5.33. The lowest BCUT2D eigenvalue weighted by molar-refractivity contribution is -0.190. The second-order valence-electron chi connectivity index (χ2n) is 8.44. The number of nitrogens with two attached hydrogens (primary N) is 1. The predicted molar refractivity (Wildman–Crippen MR) is 101 cm³/mol. The molecule has 0 aromatic carbocycles. The summed E-state index contributed by atoms with van der Waals surface area (Å²) in [5.41, 5.74) is 3.96. The normalized spacial score (nSPS) is 25.6. The average molecular weight is 394 g/mol. The molecule has 0 saturated heterocycles. The van der Waals surface area contributed by atoms with E-state index in [1.54, 1.807) is 11.3 Å². The van der Waals surface area contributed by atoms with Crippen LogP contribution in [0.2, 0.25) is 0 Å². The minimum Gasteiger partial charge on any atom is -0.444 e. The number of carbonyl (C=O) groups excluding carboxylic acids is 3. The summed E-state index contributed by atoms with van der Waals surface area (Å²) in [5, 5.41) is 7.29. The first-order valence-corrected chi connectivity index (χ1v) is 9.78. The summed E-state index contributed by atoms with van der Waals surface area (Å²) in [6.45, 7) is 5.82. The topological polar surface area (TPSA) is 114 Å². The van der Waals surface area contributed by atoms with E-state index < -0.39 is 17.7 Å². The SMILES string of the molecule is CC(C)(C)OC(=O)NC12CC(N(Cc3cccs3)C(=O)CNC(N)=O)(C1)C2. The molecule has 1 heterocycles. The fourth-order valence-corrected chi connectivity index (χ4v) is 4.70. The first-order valence-electron chi connectivity index (χ1n) is 8.90.